The number of carbonyl (C=O) groups is 2. The van der Waals surface area contributed by atoms with Gasteiger partial charge in [0, 0.05) is 17.3 Å². The van der Waals surface area contributed by atoms with Crippen molar-refractivity contribution < 1.29 is 14.3 Å². The van der Waals surface area contributed by atoms with Crippen molar-refractivity contribution in [1.82, 2.24) is 10.2 Å². The van der Waals surface area contributed by atoms with Crippen molar-refractivity contribution in [2.45, 2.75) is 36.4 Å². The fraction of sp³-hybridized carbons (Fsp3) is 0.273. The lowest BCUT2D eigenvalue weighted by atomic mass is 10.2. The van der Waals surface area contributed by atoms with E-state index in [9.17, 15) is 9.59 Å². The monoisotopic (exact) mass is 471 g/mol. The Kier molecular flexibility index (Phi) is 8.07. The first kappa shape index (κ1) is 23.6. The molecule has 0 radical (unpaired) electrons. The van der Waals surface area contributed by atoms with Crippen LogP contribution in [0.25, 0.3) is 0 Å². The summed E-state index contributed by atoms with van der Waals surface area (Å²) in [6.45, 7) is 5.86. The second-order valence-corrected chi connectivity index (χ2v) is 9.72. The van der Waals surface area contributed by atoms with E-state index in [0.29, 0.717) is 22.7 Å². The smallest absolute Gasteiger partial charge is 0.255 e. The average molecular weight is 472 g/mol. The second-order valence-electron chi connectivity index (χ2n) is 7.15. The highest BCUT2D eigenvalue weighted by Crippen LogP contribution is 2.30. The van der Waals surface area contributed by atoms with E-state index in [0.717, 1.165) is 9.47 Å². The van der Waals surface area contributed by atoms with Gasteiger partial charge in [-0.05, 0) is 57.2 Å². The number of aromatic nitrogens is 2. The average Bonchev–Trinajstić information content (AvgIpc) is 3.20. The summed E-state index contributed by atoms with van der Waals surface area (Å²) in [5.41, 5.74) is 1.66. The molecular formula is C22H25N5O3S2. The molecule has 168 valence electrons. The number of ether oxygens (including phenoxy) is 1. The van der Waals surface area contributed by atoms with E-state index in [1.165, 1.54) is 23.1 Å². The Morgan fingerprint density at radius 2 is 1.72 bits per heavy atom. The number of para-hydroxylation sites is 2. The van der Waals surface area contributed by atoms with E-state index in [2.05, 4.69) is 26.1 Å². The minimum absolute atomic E-state index is 0.158. The van der Waals surface area contributed by atoms with E-state index < -0.39 is 0 Å². The molecule has 10 heteroatoms. The van der Waals surface area contributed by atoms with Gasteiger partial charge in [0.2, 0.25) is 11.0 Å². The summed E-state index contributed by atoms with van der Waals surface area (Å²) in [6.07, 6.45) is 0. The Labute approximate surface area is 195 Å². The molecule has 1 aromatic heterocycles. The molecule has 0 saturated heterocycles. The minimum atomic E-state index is -0.358. The molecule has 1 unspecified atom stereocenters. The van der Waals surface area contributed by atoms with Crippen LogP contribution in [0.4, 0.5) is 16.5 Å². The molecule has 32 heavy (non-hydrogen) atoms. The molecule has 3 aromatic rings. The van der Waals surface area contributed by atoms with E-state index in [1.54, 1.807) is 43.5 Å². The first-order valence-electron chi connectivity index (χ1n) is 9.97. The van der Waals surface area contributed by atoms with Crippen LogP contribution in [0.1, 0.15) is 31.1 Å². The number of amides is 2. The van der Waals surface area contributed by atoms with Crippen LogP contribution in [-0.4, -0.2) is 40.4 Å². The van der Waals surface area contributed by atoms with Crippen molar-refractivity contribution in [3.63, 3.8) is 0 Å². The van der Waals surface area contributed by atoms with Crippen molar-refractivity contribution in [1.29, 1.82) is 0 Å². The van der Waals surface area contributed by atoms with Gasteiger partial charge < -0.3 is 20.7 Å². The summed E-state index contributed by atoms with van der Waals surface area (Å²) >= 11 is 2.77. The number of nitrogens with zero attached hydrogens (tertiary/aromatic N) is 2. The Balaban J connectivity index is 1.55. The minimum Gasteiger partial charge on any atom is -0.495 e. The van der Waals surface area contributed by atoms with Gasteiger partial charge in [0.15, 0.2) is 4.34 Å². The third-order valence-electron chi connectivity index (χ3n) is 4.24. The molecule has 1 atom stereocenters. The van der Waals surface area contributed by atoms with Gasteiger partial charge in [-0.3, -0.25) is 9.59 Å². The SMILES string of the molecule is COc1ccccc1NC(=O)c1ccc(NC(=O)C(C)Sc2nnc(NC(C)C)s2)cc1. The lowest BCUT2D eigenvalue weighted by molar-refractivity contribution is -0.115. The first-order chi connectivity index (χ1) is 15.4. The maximum atomic E-state index is 12.5. The van der Waals surface area contributed by atoms with Crippen LogP contribution in [0, 0.1) is 0 Å². The lowest BCUT2D eigenvalue weighted by Crippen LogP contribution is -2.22. The lowest BCUT2D eigenvalue weighted by Gasteiger charge is -2.12. The predicted octanol–water partition coefficient (Wildman–Crippen LogP) is 4.74. The number of carbonyl (C=O) groups excluding carboxylic acids is 2. The van der Waals surface area contributed by atoms with Gasteiger partial charge >= 0.3 is 0 Å². The molecule has 2 amide bonds. The van der Waals surface area contributed by atoms with Crippen molar-refractivity contribution >= 4 is 51.4 Å². The number of methoxy groups -OCH3 is 1. The Bertz CT molecular complexity index is 1070. The summed E-state index contributed by atoms with van der Waals surface area (Å²) in [6, 6.07) is 14.2. The molecular weight excluding hydrogens is 446 g/mol. The van der Waals surface area contributed by atoms with Crippen molar-refractivity contribution in [2.75, 3.05) is 23.1 Å². The molecule has 0 saturated carbocycles. The van der Waals surface area contributed by atoms with E-state index in [4.69, 9.17) is 4.74 Å². The van der Waals surface area contributed by atoms with Gasteiger partial charge in [-0.25, -0.2) is 0 Å². The Hall–Kier alpha value is -3.11. The summed E-state index contributed by atoms with van der Waals surface area (Å²) in [7, 11) is 1.55. The maximum absolute atomic E-state index is 12.5. The first-order valence-corrected chi connectivity index (χ1v) is 11.7. The van der Waals surface area contributed by atoms with Gasteiger partial charge in [0.05, 0.1) is 18.0 Å². The van der Waals surface area contributed by atoms with Gasteiger partial charge in [-0.15, -0.1) is 10.2 Å². The third-order valence-corrected chi connectivity index (χ3v) is 6.27. The fourth-order valence-electron chi connectivity index (χ4n) is 2.66. The molecule has 0 fully saturated rings. The molecule has 8 nitrogen and oxygen atoms in total. The number of benzene rings is 2. The van der Waals surface area contributed by atoms with E-state index >= 15 is 0 Å². The molecule has 2 aromatic carbocycles. The normalized spacial score (nSPS) is 11.7. The molecule has 0 aliphatic carbocycles. The zero-order valence-electron chi connectivity index (χ0n) is 18.2. The number of rotatable bonds is 9. The highest BCUT2D eigenvalue weighted by atomic mass is 32.2. The molecule has 3 rings (SSSR count). The molecule has 0 aliphatic heterocycles. The number of anilines is 3. The quantitative estimate of drug-likeness (QED) is 0.387. The van der Waals surface area contributed by atoms with Crippen molar-refractivity contribution in [3.05, 3.63) is 54.1 Å². The van der Waals surface area contributed by atoms with Gasteiger partial charge in [-0.2, -0.15) is 0 Å². The van der Waals surface area contributed by atoms with Crippen LogP contribution in [-0.2, 0) is 4.79 Å². The van der Waals surface area contributed by atoms with E-state index in [1.807, 2.05) is 32.9 Å². The third kappa shape index (κ3) is 6.44. The van der Waals surface area contributed by atoms with Crippen LogP contribution in [0.15, 0.2) is 52.9 Å². The highest BCUT2D eigenvalue weighted by molar-refractivity contribution is 8.02. The molecule has 0 spiro atoms. The molecule has 0 aliphatic rings. The van der Waals surface area contributed by atoms with Gasteiger partial charge in [0.1, 0.15) is 5.75 Å². The summed E-state index contributed by atoms with van der Waals surface area (Å²) in [5, 5.41) is 17.5. The fourth-order valence-corrected chi connectivity index (χ4v) is 4.70. The number of hydrogen-bond acceptors (Lipinski definition) is 8. The zero-order chi connectivity index (χ0) is 23.1. The standard InChI is InChI=1S/C22H25N5O3S2/c1-13(2)23-21-26-27-22(32-21)31-14(3)19(28)24-16-11-9-15(10-12-16)20(29)25-17-7-5-6-8-18(17)30-4/h5-14H,1-4H3,(H,23,26)(H,24,28)(H,25,29). The second kappa shape index (κ2) is 11.0. The number of thioether (sulfide) groups is 1. The van der Waals surface area contributed by atoms with Crippen LogP contribution in [0.5, 0.6) is 5.75 Å². The van der Waals surface area contributed by atoms with Crippen LogP contribution in [0.2, 0.25) is 0 Å². The molecule has 1 heterocycles. The van der Waals surface area contributed by atoms with Gasteiger partial charge in [-0.1, -0.05) is 35.2 Å². The van der Waals surface area contributed by atoms with Crippen LogP contribution < -0.4 is 20.7 Å². The van der Waals surface area contributed by atoms with Crippen LogP contribution >= 0.6 is 23.1 Å². The Morgan fingerprint density at radius 1 is 1.00 bits per heavy atom. The molecule has 3 N–H and O–H groups in total. The largest absolute Gasteiger partial charge is 0.495 e. The summed E-state index contributed by atoms with van der Waals surface area (Å²) < 4.78 is 5.97. The molecule has 0 bridgehead atoms. The predicted molar refractivity (Wildman–Crippen MR) is 130 cm³/mol. The summed E-state index contributed by atoms with van der Waals surface area (Å²) in [5.74, 6) is 0.159. The van der Waals surface area contributed by atoms with E-state index in [-0.39, 0.29) is 23.1 Å². The van der Waals surface area contributed by atoms with Crippen molar-refractivity contribution in [2.24, 2.45) is 0 Å². The van der Waals surface area contributed by atoms with Crippen LogP contribution in [0.3, 0.4) is 0 Å². The van der Waals surface area contributed by atoms with Crippen molar-refractivity contribution in [3.8, 4) is 5.75 Å². The maximum Gasteiger partial charge on any atom is 0.255 e. The Morgan fingerprint density at radius 3 is 2.41 bits per heavy atom. The number of hydrogen-bond donors (Lipinski definition) is 3. The topological polar surface area (TPSA) is 105 Å². The zero-order valence-corrected chi connectivity index (χ0v) is 19.8. The highest BCUT2D eigenvalue weighted by Gasteiger charge is 2.18. The van der Waals surface area contributed by atoms with Gasteiger partial charge in [0.25, 0.3) is 5.91 Å². The number of nitrogens with one attached hydrogen (secondary N) is 3. The summed E-state index contributed by atoms with van der Waals surface area (Å²) in [4.78, 5) is 25.1.